The molecule has 0 aliphatic rings. The second kappa shape index (κ2) is 8.82. The van der Waals surface area contributed by atoms with Gasteiger partial charge in [0.2, 0.25) is 11.8 Å². The van der Waals surface area contributed by atoms with Gasteiger partial charge in [0.25, 0.3) is 0 Å². The molecule has 0 saturated heterocycles. The summed E-state index contributed by atoms with van der Waals surface area (Å²) in [6.07, 6.45) is 3.73. The molecule has 126 valence electrons. The molecule has 1 aromatic heterocycles. The van der Waals surface area contributed by atoms with Crippen molar-refractivity contribution in [3.05, 3.63) is 60.4 Å². The van der Waals surface area contributed by atoms with E-state index in [2.05, 4.69) is 4.98 Å². The van der Waals surface area contributed by atoms with Crippen LogP contribution >= 0.6 is 0 Å². The number of hydrogen-bond acceptors (Lipinski definition) is 3. The zero-order chi connectivity index (χ0) is 17.4. The molecule has 0 N–H and O–H groups in total. The van der Waals surface area contributed by atoms with Gasteiger partial charge in [0, 0.05) is 51.1 Å². The van der Waals surface area contributed by atoms with Crippen LogP contribution in [0.2, 0.25) is 0 Å². The Morgan fingerprint density at radius 2 is 1.83 bits per heavy atom. The summed E-state index contributed by atoms with van der Waals surface area (Å²) >= 11 is 0. The van der Waals surface area contributed by atoms with Crippen molar-refractivity contribution < 1.29 is 9.59 Å². The maximum absolute atomic E-state index is 12.5. The quantitative estimate of drug-likeness (QED) is 0.786. The highest BCUT2D eigenvalue weighted by Gasteiger charge is 2.17. The van der Waals surface area contributed by atoms with E-state index >= 15 is 0 Å². The van der Waals surface area contributed by atoms with E-state index in [9.17, 15) is 9.59 Å². The monoisotopic (exact) mass is 325 g/mol. The molecule has 0 unspecified atom stereocenters. The fraction of sp³-hybridized carbons (Fsp3) is 0.316. The minimum absolute atomic E-state index is 0.0149. The smallest absolute Gasteiger partial charge is 0.228 e. The summed E-state index contributed by atoms with van der Waals surface area (Å²) in [7, 11) is 0. The van der Waals surface area contributed by atoms with Gasteiger partial charge in [0.05, 0.1) is 0 Å². The molecular formula is C19H23N3O2. The van der Waals surface area contributed by atoms with Crippen LogP contribution in [0, 0.1) is 0 Å². The Hall–Kier alpha value is -2.69. The molecule has 0 radical (unpaired) electrons. The normalized spacial score (nSPS) is 10.2. The van der Waals surface area contributed by atoms with Crippen LogP contribution in [0.1, 0.15) is 25.8 Å². The van der Waals surface area contributed by atoms with E-state index in [0.29, 0.717) is 26.1 Å². The molecule has 5 nitrogen and oxygen atoms in total. The molecule has 0 fully saturated rings. The molecule has 2 rings (SSSR count). The molecule has 0 spiro atoms. The van der Waals surface area contributed by atoms with Gasteiger partial charge in [-0.25, -0.2) is 0 Å². The lowest BCUT2D eigenvalue weighted by Gasteiger charge is -2.24. The average Bonchev–Trinajstić information content (AvgIpc) is 2.61. The molecule has 2 aromatic rings. The Morgan fingerprint density at radius 3 is 2.42 bits per heavy atom. The first kappa shape index (κ1) is 17.7. The van der Waals surface area contributed by atoms with Gasteiger partial charge < -0.3 is 9.80 Å². The molecule has 24 heavy (non-hydrogen) atoms. The first-order chi connectivity index (χ1) is 11.6. The van der Waals surface area contributed by atoms with Gasteiger partial charge in [0.15, 0.2) is 0 Å². The summed E-state index contributed by atoms with van der Waals surface area (Å²) in [4.78, 5) is 31.9. The number of nitrogens with zero attached hydrogens (tertiary/aromatic N) is 3. The van der Waals surface area contributed by atoms with Crippen molar-refractivity contribution in [3.63, 3.8) is 0 Å². The van der Waals surface area contributed by atoms with E-state index in [0.717, 1.165) is 11.3 Å². The number of carbonyl (C=O) groups excluding carboxylic acids is 2. The first-order valence-corrected chi connectivity index (χ1v) is 8.11. The van der Waals surface area contributed by atoms with Crippen molar-refractivity contribution in [2.24, 2.45) is 0 Å². The second-order valence-electron chi connectivity index (χ2n) is 5.53. The van der Waals surface area contributed by atoms with Crippen molar-refractivity contribution in [1.82, 2.24) is 9.88 Å². The summed E-state index contributed by atoms with van der Waals surface area (Å²) in [5, 5.41) is 0. The van der Waals surface area contributed by atoms with E-state index in [1.807, 2.05) is 49.4 Å². The summed E-state index contributed by atoms with van der Waals surface area (Å²) < 4.78 is 0. The fourth-order valence-electron chi connectivity index (χ4n) is 2.54. The van der Waals surface area contributed by atoms with Gasteiger partial charge >= 0.3 is 0 Å². The molecule has 1 aromatic carbocycles. The van der Waals surface area contributed by atoms with Crippen LogP contribution in [0.5, 0.6) is 0 Å². The summed E-state index contributed by atoms with van der Waals surface area (Å²) in [5.41, 5.74) is 1.84. The lowest BCUT2D eigenvalue weighted by molar-refractivity contribution is -0.130. The topological polar surface area (TPSA) is 53.5 Å². The van der Waals surface area contributed by atoms with Crippen LogP contribution in [0.15, 0.2) is 54.9 Å². The average molecular weight is 325 g/mol. The fourth-order valence-corrected chi connectivity index (χ4v) is 2.54. The number of carbonyl (C=O) groups is 2. The Morgan fingerprint density at radius 1 is 1.08 bits per heavy atom. The van der Waals surface area contributed by atoms with Crippen molar-refractivity contribution in [2.45, 2.75) is 26.8 Å². The molecule has 0 bridgehead atoms. The Labute approximate surface area is 142 Å². The van der Waals surface area contributed by atoms with Gasteiger partial charge in [-0.2, -0.15) is 0 Å². The molecular weight excluding hydrogens is 302 g/mol. The van der Waals surface area contributed by atoms with Crippen LogP contribution < -0.4 is 4.90 Å². The van der Waals surface area contributed by atoms with E-state index in [-0.39, 0.29) is 11.8 Å². The molecule has 0 saturated carbocycles. The molecule has 2 amide bonds. The Bertz CT molecular complexity index is 659. The third-order valence-corrected chi connectivity index (χ3v) is 3.82. The lowest BCUT2D eigenvalue weighted by Crippen LogP contribution is -2.36. The van der Waals surface area contributed by atoms with E-state index in [1.165, 1.54) is 6.92 Å². The van der Waals surface area contributed by atoms with Crippen molar-refractivity contribution in [1.29, 1.82) is 0 Å². The predicted molar refractivity (Wildman–Crippen MR) is 94.4 cm³/mol. The Kier molecular flexibility index (Phi) is 6.49. The van der Waals surface area contributed by atoms with Gasteiger partial charge in [0.1, 0.15) is 0 Å². The van der Waals surface area contributed by atoms with Crippen LogP contribution in [-0.2, 0) is 16.1 Å². The number of hydrogen-bond donors (Lipinski definition) is 0. The highest BCUT2D eigenvalue weighted by Crippen LogP contribution is 2.14. The second-order valence-corrected chi connectivity index (χ2v) is 5.53. The SMILES string of the molecule is CCN(C(=O)CCN(Cc1cccnc1)C(C)=O)c1ccccc1. The Balaban J connectivity index is 1.98. The summed E-state index contributed by atoms with van der Waals surface area (Å²) in [6, 6.07) is 13.3. The van der Waals surface area contributed by atoms with Crippen molar-refractivity contribution in [2.75, 3.05) is 18.0 Å². The number of amides is 2. The molecule has 5 heteroatoms. The van der Waals surface area contributed by atoms with Crippen LogP contribution in [0.25, 0.3) is 0 Å². The van der Waals surface area contributed by atoms with E-state index in [4.69, 9.17) is 0 Å². The lowest BCUT2D eigenvalue weighted by atomic mass is 10.2. The molecule has 1 heterocycles. The number of anilines is 1. The zero-order valence-electron chi connectivity index (χ0n) is 14.2. The van der Waals surface area contributed by atoms with Crippen molar-refractivity contribution >= 4 is 17.5 Å². The summed E-state index contributed by atoms with van der Waals surface area (Å²) in [6.45, 7) is 4.94. The minimum Gasteiger partial charge on any atom is -0.338 e. The third-order valence-electron chi connectivity index (χ3n) is 3.82. The molecule has 0 aliphatic heterocycles. The number of pyridine rings is 1. The largest absolute Gasteiger partial charge is 0.338 e. The standard InChI is InChI=1S/C19H23N3O2/c1-3-22(18-9-5-4-6-10-18)19(24)11-13-21(16(2)23)15-17-8-7-12-20-14-17/h4-10,12,14H,3,11,13,15H2,1-2H3. The highest BCUT2D eigenvalue weighted by atomic mass is 16.2. The number of benzene rings is 1. The van der Waals surface area contributed by atoms with E-state index in [1.54, 1.807) is 22.2 Å². The van der Waals surface area contributed by atoms with Gasteiger partial charge in [-0.05, 0) is 30.7 Å². The first-order valence-electron chi connectivity index (χ1n) is 8.11. The molecule has 0 aliphatic carbocycles. The third kappa shape index (κ3) is 4.91. The number of para-hydroxylation sites is 1. The van der Waals surface area contributed by atoms with E-state index < -0.39 is 0 Å². The van der Waals surface area contributed by atoms with Gasteiger partial charge in [-0.3, -0.25) is 14.6 Å². The van der Waals surface area contributed by atoms with Gasteiger partial charge in [-0.15, -0.1) is 0 Å². The van der Waals surface area contributed by atoms with Crippen LogP contribution in [-0.4, -0.2) is 34.8 Å². The van der Waals surface area contributed by atoms with Crippen LogP contribution in [0.3, 0.4) is 0 Å². The number of rotatable bonds is 7. The summed E-state index contributed by atoms with van der Waals surface area (Å²) in [5.74, 6) is -0.0319. The number of aromatic nitrogens is 1. The van der Waals surface area contributed by atoms with Crippen molar-refractivity contribution in [3.8, 4) is 0 Å². The maximum Gasteiger partial charge on any atom is 0.228 e. The minimum atomic E-state index is -0.0468. The highest BCUT2D eigenvalue weighted by molar-refractivity contribution is 5.93. The molecule has 0 atom stereocenters. The predicted octanol–water partition coefficient (Wildman–Crippen LogP) is 2.87. The zero-order valence-corrected chi connectivity index (χ0v) is 14.2. The maximum atomic E-state index is 12.5. The van der Waals surface area contributed by atoms with Crippen LogP contribution in [0.4, 0.5) is 5.69 Å². The van der Waals surface area contributed by atoms with Gasteiger partial charge in [-0.1, -0.05) is 24.3 Å².